The molecule has 0 aromatic carbocycles. The van der Waals surface area contributed by atoms with Gasteiger partial charge in [-0.25, -0.2) is 4.79 Å². The highest BCUT2D eigenvalue weighted by molar-refractivity contribution is 6.34. The van der Waals surface area contributed by atoms with E-state index >= 15 is 0 Å². The first-order valence-corrected chi connectivity index (χ1v) is 3.40. The number of halogens is 2. The molecule has 1 aliphatic rings. The predicted molar refractivity (Wildman–Crippen MR) is 36.1 cm³/mol. The Balaban J connectivity index is 2.88. The zero-order valence-electron chi connectivity index (χ0n) is 5.48. The van der Waals surface area contributed by atoms with E-state index in [1.807, 2.05) is 0 Å². The Morgan fingerprint density at radius 3 is 1.60 bits per heavy atom. The summed E-state index contributed by atoms with van der Waals surface area (Å²) in [6.45, 7) is 2.93. The van der Waals surface area contributed by atoms with Gasteiger partial charge in [0.05, 0.1) is 0 Å². The van der Waals surface area contributed by atoms with Gasteiger partial charge in [-0.2, -0.15) is 0 Å². The summed E-state index contributed by atoms with van der Waals surface area (Å²) in [7, 11) is 0. The molecule has 1 rings (SSSR count). The quantitative estimate of drug-likeness (QED) is 0.428. The maximum Gasteiger partial charge on any atom is 0.512 e. The zero-order chi connectivity index (χ0) is 7.99. The fourth-order valence-electron chi connectivity index (χ4n) is 0.516. The van der Waals surface area contributed by atoms with E-state index in [1.165, 1.54) is 13.8 Å². The first-order chi connectivity index (χ1) is 4.35. The number of ether oxygens (including phenoxy) is 2. The molecule has 3 nitrogen and oxygen atoms in total. The van der Waals surface area contributed by atoms with Gasteiger partial charge in [-0.05, 0) is 13.8 Å². The first kappa shape index (κ1) is 7.95. The van der Waals surface area contributed by atoms with Crippen LogP contribution in [0.25, 0.3) is 0 Å². The number of carbonyl (C=O) groups excluding carboxylic acids is 1. The molecule has 0 saturated carbocycles. The first-order valence-electron chi connectivity index (χ1n) is 2.65. The van der Waals surface area contributed by atoms with Gasteiger partial charge in [-0.3, -0.25) is 0 Å². The molecule has 0 unspecified atom stereocenters. The van der Waals surface area contributed by atoms with E-state index in [0.717, 1.165) is 0 Å². The van der Waals surface area contributed by atoms with Crippen molar-refractivity contribution in [3.05, 3.63) is 0 Å². The predicted octanol–water partition coefficient (Wildman–Crippen LogP) is 2.06. The monoisotopic (exact) mass is 184 g/mol. The summed E-state index contributed by atoms with van der Waals surface area (Å²) in [5.41, 5.74) is 0. The molecule has 5 heteroatoms. The Labute approximate surface area is 68.2 Å². The second-order valence-electron chi connectivity index (χ2n) is 2.29. The highest BCUT2D eigenvalue weighted by Crippen LogP contribution is 2.42. The van der Waals surface area contributed by atoms with Crippen LogP contribution in [0.5, 0.6) is 0 Å². The molecule has 0 spiro atoms. The Morgan fingerprint density at radius 2 is 1.50 bits per heavy atom. The lowest BCUT2D eigenvalue weighted by Gasteiger charge is -2.22. The topological polar surface area (TPSA) is 35.5 Å². The third-order valence-electron chi connectivity index (χ3n) is 1.35. The number of carbonyl (C=O) groups is 1. The van der Waals surface area contributed by atoms with Crippen molar-refractivity contribution < 1.29 is 14.3 Å². The van der Waals surface area contributed by atoms with Crippen LogP contribution in [-0.4, -0.2) is 16.3 Å². The van der Waals surface area contributed by atoms with Crippen molar-refractivity contribution in [1.29, 1.82) is 0 Å². The van der Waals surface area contributed by atoms with Crippen LogP contribution in [0.2, 0.25) is 0 Å². The largest absolute Gasteiger partial charge is 0.512 e. The third kappa shape index (κ3) is 1.04. The molecule has 0 aromatic rings. The summed E-state index contributed by atoms with van der Waals surface area (Å²) in [5, 5.41) is -2.54. The molecular formula is C5H6Cl2O3. The average Bonchev–Trinajstić information content (AvgIpc) is 1.73. The van der Waals surface area contributed by atoms with Gasteiger partial charge in [0.2, 0.25) is 10.1 Å². The van der Waals surface area contributed by atoms with Crippen molar-refractivity contribution in [2.45, 2.75) is 24.0 Å². The lowest BCUT2D eigenvalue weighted by Crippen LogP contribution is -2.36. The second-order valence-corrected chi connectivity index (χ2v) is 3.73. The van der Waals surface area contributed by atoms with Gasteiger partial charge in [0, 0.05) is 0 Å². The number of hydrogen-bond acceptors (Lipinski definition) is 3. The average molecular weight is 185 g/mol. The molecule has 0 amide bonds. The molecule has 1 saturated heterocycles. The molecular weight excluding hydrogens is 179 g/mol. The van der Waals surface area contributed by atoms with Crippen molar-refractivity contribution in [2.24, 2.45) is 0 Å². The van der Waals surface area contributed by atoms with Gasteiger partial charge in [0.1, 0.15) is 0 Å². The number of alkyl halides is 2. The molecule has 0 aliphatic carbocycles. The van der Waals surface area contributed by atoms with Crippen molar-refractivity contribution >= 4 is 29.4 Å². The van der Waals surface area contributed by atoms with Crippen molar-refractivity contribution in [2.75, 3.05) is 0 Å². The molecule has 1 heterocycles. The van der Waals surface area contributed by atoms with Gasteiger partial charge in [0.15, 0.2) is 0 Å². The molecule has 58 valence electrons. The summed E-state index contributed by atoms with van der Waals surface area (Å²) >= 11 is 11.3. The SMILES string of the molecule is C[C@]1(Cl)OC(=O)O[C@@]1(C)Cl. The minimum Gasteiger partial charge on any atom is -0.406 e. The lowest BCUT2D eigenvalue weighted by atomic mass is 10.2. The Morgan fingerprint density at radius 1 is 1.20 bits per heavy atom. The van der Waals surface area contributed by atoms with Crippen LogP contribution in [0, 0.1) is 0 Å². The summed E-state index contributed by atoms with van der Waals surface area (Å²) < 4.78 is 9.07. The van der Waals surface area contributed by atoms with Crippen LogP contribution < -0.4 is 0 Å². The highest BCUT2D eigenvalue weighted by atomic mass is 35.5. The molecule has 0 radical (unpaired) electrons. The fraction of sp³-hybridized carbons (Fsp3) is 0.800. The van der Waals surface area contributed by atoms with Crippen LogP contribution >= 0.6 is 23.2 Å². The van der Waals surface area contributed by atoms with E-state index in [-0.39, 0.29) is 0 Å². The molecule has 2 atom stereocenters. The summed E-state index contributed by atoms with van der Waals surface area (Å²) in [6, 6.07) is 0. The Kier molecular flexibility index (Phi) is 1.53. The molecule has 10 heavy (non-hydrogen) atoms. The van der Waals surface area contributed by atoms with Gasteiger partial charge in [0.25, 0.3) is 0 Å². The van der Waals surface area contributed by atoms with E-state index < -0.39 is 16.3 Å². The second kappa shape index (κ2) is 1.92. The number of hydrogen-bond donors (Lipinski definition) is 0. The Hall–Kier alpha value is -0.150. The van der Waals surface area contributed by atoms with Crippen molar-refractivity contribution in [1.82, 2.24) is 0 Å². The summed E-state index contributed by atoms with van der Waals surface area (Å²) in [5.74, 6) is 0. The third-order valence-corrected chi connectivity index (χ3v) is 2.32. The molecule has 0 aromatic heterocycles. The van der Waals surface area contributed by atoms with Gasteiger partial charge >= 0.3 is 6.16 Å². The van der Waals surface area contributed by atoms with E-state index in [4.69, 9.17) is 23.2 Å². The zero-order valence-corrected chi connectivity index (χ0v) is 6.99. The van der Waals surface area contributed by atoms with Gasteiger partial charge in [-0.15, -0.1) is 0 Å². The van der Waals surface area contributed by atoms with Crippen molar-refractivity contribution in [3.63, 3.8) is 0 Å². The fourth-order valence-corrected chi connectivity index (χ4v) is 0.719. The van der Waals surface area contributed by atoms with E-state index in [9.17, 15) is 4.79 Å². The summed E-state index contributed by atoms with van der Waals surface area (Å²) in [6.07, 6.45) is -0.838. The van der Waals surface area contributed by atoms with Gasteiger partial charge < -0.3 is 9.47 Å². The Bertz CT molecular complexity index is 158. The van der Waals surface area contributed by atoms with Crippen molar-refractivity contribution in [3.8, 4) is 0 Å². The van der Waals surface area contributed by atoms with Crippen LogP contribution in [-0.2, 0) is 9.47 Å². The maximum absolute atomic E-state index is 10.5. The number of cyclic esters (lactones) is 2. The van der Waals surface area contributed by atoms with Crippen LogP contribution in [0.1, 0.15) is 13.8 Å². The van der Waals surface area contributed by atoms with Gasteiger partial charge in [-0.1, -0.05) is 23.2 Å². The maximum atomic E-state index is 10.5. The smallest absolute Gasteiger partial charge is 0.406 e. The standard InChI is InChI=1S/C5H6Cl2O3/c1-4(6)5(2,7)10-3(8)9-4/h1-2H3/t4-,5+. The normalized spacial score (nSPS) is 46.6. The van der Waals surface area contributed by atoms with Crippen LogP contribution in [0.4, 0.5) is 4.79 Å². The highest BCUT2D eigenvalue weighted by Gasteiger charge is 2.55. The lowest BCUT2D eigenvalue weighted by molar-refractivity contribution is 0.112. The minimum atomic E-state index is -1.27. The van der Waals surface area contributed by atoms with E-state index in [1.54, 1.807) is 0 Å². The van der Waals surface area contributed by atoms with Crippen LogP contribution in [0.3, 0.4) is 0 Å². The van der Waals surface area contributed by atoms with E-state index in [2.05, 4.69) is 9.47 Å². The molecule has 1 fully saturated rings. The molecule has 1 aliphatic heterocycles. The van der Waals surface area contributed by atoms with Crippen LogP contribution in [0.15, 0.2) is 0 Å². The molecule has 0 N–H and O–H groups in total. The molecule has 0 bridgehead atoms. The van der Waals surface area contributed by atoms with E-state index in [0.29, 0.717) is 0 Å². The number of rotatable bonds is 0. The minimum absolute atomic E-state index is 0.838. The summed E-state index contributed by atoms with van der Waals surface area (Å²) in [4.78, 5) is 10.5.